The summed E-state index contributed by atoms with van der Waals surface area (Å²) in [5.74, 6) is -0.556. The molecule has 3 heteroatoms. The van der Waals surface area contributed by atoms with Gasteiger partial charge in [0, 0.05) is 0 Å². The lowest BCUT2D eigenvalue weighted by atomic mass is 10.1. The summed E-state index contributed by atoms with van der Waals surface area (Å²) in [6.07, 6.45) is 0.551. The predicted molar refractivity (Wildman–Crippen MR) is 35.1 cm³/mol. The van der Waals surface area contributed by atoms with Crippen LogP contribution >= 0.6 is 0 Å². The molecule has 9 heavy (non-hydrogen) atoms. The van der Waals surface area contributed by atoms with E-state index >= 15 is 0 Å². The molecule has 0 radical (unpaired) electrons. The Hall–Kier alpha value is -0.570. The quantitative estimate of drug-likeness (QED) is 0.587. The highest BCUT2D eigenvalue weighted by molar-refractivity contribution is 5.72. The van der Waals surface area contributed by atoms with Crippen molar-refractivity contribution in [3.63, 3.8) is 0 Å². The van der Waals surface area contributed by atoms with E-state index in [0.29, 0.717) is 12.3 Å². The van der Waals surface area contributed by atoms with Crippen molar-refractivity contribution in [1.82, 2.24) is 0 Å². The maximum absolute atomic E-state index is 10.1. The van der Waals surface area contributed by atoms with Crippen LogP contribution in [0.15, 0.2) is 0 Å². The van der Waals surface area contributed by atoms with Gasteiger partial charge in [-0.05, 0) is 12.3 Å². The fourth-order valence-corrected chi connectivity index (χ4v) is 0.609. The van der Waals surface area contributed by atoms with Gasteiger partial charge in [0.2, 0.25) is 0 Å². The molecule has 0 bridgehead atoms. The summed E-state index contributed by atoms with van der Waals surface area (Å²) >= 11 is 0. The summed E-state index contributed by atoms with van der Waals surface area (Å²) in [6, 6.07) is -0.690. The van der Waals surface area contributed by atoms with Gasteiger partial charge < -0.3 is 10.8 Å². The van der Waals surface area contributed by atoms with Gasteiger partial charge in [0.05, 0.1) is 0 Å². The third-order valence-corrected chi connectivity index (χ3v) is 1.04. The molecular formula is C6H13NO2. The molecular weight excluding hydrogens is 120 g/mol. The number of nitrogens with two attached hydrogens (primary N) is 1. The molecule has 54 valence electrons. The monoisotopic (exact) mass is 133 g/mol. The Morgan fingerprint density at radius 2 is 2.11 bits per heavy atom. The largest absolute Gasteiger partial charge is 0.480 e. The van der Waals surface area contributed by atoms with Crippen molar-refractivity contribution in [3.05, 3.63) is 0 Å². The van der Waals surface area contributed by atoms with Gasteiger partial charge in [-0.25, -0.2) is 0 Å². The maximum atomic E-state index is 10.1. The van der Waals surface area contributed by atoms with E-state index in [0.717, 1.165) is 0 Å². The molecule has 0 aromatic rings. The minimum atomic E-state index is -0.913. The molecule has 0 saturated carbocycles. The lowest BCUT2D eigenvalue weighted by molar-refractivity contribution is -0.138. The van der Waals surface area contributed by atoms with Crippen LogP contribution in [-0.4, -0.2) is 17.1 Å². The van der Waals surface area contributed by atoms with Crippen LogP contribution in [0.1, 0.15) is 20.3 Å². The summed E-state index contributed by atoms with van der Waals surface area (Å²) in [7, 11) is 0. The van der Waals surface area contributed by atoms with E-state index in [9.17, 15) is 4.79 Å². The van der Waals surface area contributed by atoms with Crippen molar-refractivity contribution in [2.75, 3.05) is 0 Å². The highest BCUT2D eigenvalue weighted by Gasteiger charge is 2.11. The zero-order valence-corrected chi connectivity index (χ0v) is 5.79. The zero-order chi connectivity index (χ0) is 7.44. The molecule has 0 aliphatic heterocycles. The molecule has 0 saturated heterocycles. The van der Waals surface area contributed by atoms with Crippen molar-refractivity contribution in [1.29, 1.82) is 0 Å². The Kier molecular flexibility index (Phi) is 3.24. The SMILES string of the molecule is CC(C)C[C@@H](N)[14C](=O)O. The number of carboxylic acids is 1. The van der Waals surface area contributed by atoms with E-state index in [4.69, 9.17) is 10.8 Å². The third-order valence-electron chi connectivity index (χ3n) is 1.04. The summed E-state index contributed by atoms with van der Waals surface area (Å²) in [4.78, 5) is 10.1. The number of rotatable bonds is 3. The average molecular weight is 133 g/mol. The van der Waals surface area contributed by atoms with Crippen LogP contribution in [0.2, 0.25) is 0 Å². The first-order valence-corrected chi connectivity index (χ1v) is 3.02. The molecule has 3 N–H and O–H groups in total. The molecule has 0 amide bonds. The van der Waals surface area contributed by atoms with Gasteiger partial charge in [0.1, 0.15) is 6.04 Å². The van der Waals surface area contributed by atoms with Gasteiger partial charge in [0.15, 0.2) is 0 Å². The second-order valence-corrected chi connectivity index (χ2v) is 2.57. The second kappa shape index (κ2) is 3.45. The third kappa shape index (κ3) is 3.97. The topological polar surface area (TPSA) is 63.3 Å². The van der Waals surface area contributed by atoms with Crippen molar-refractivity contribution in [3.8, 4) is 0 Å². The number of carboxylic acid groups (broad SMARTS) is 1. The van der Waals surface area contributed by atoms with E-state index in [1.165, 1.54) is 0 Å². The Morgan fingerprint density at radius 1 is 1.67 bits per heavy atom. The van der Waals surface area contributed by atoms with E-state index in [1.807, 2.05) is 13.8 Å². The van der Waals surface area contributed by atoms with Gasteiger partial charge in [-0.15, -0.1) is 0 Å². The minimum Gasteiger partial charge on any atom is -0.480 e. The van der Waals surface area contributed by atoms with Crippen molar-refractivity contribution in [2.24, 2.45) is 11.7 Å². The van der Waals surface area contributed by atoms with Crippen molar-refractivity contribution < 1.29 is 9.90 Å². The molecule has 3 nitrogen and oxygen atoms in total. The first kappa shape index (κ1) is 8.43. The van der Waals surface area contributed by atoms with E-state index in [-0.39, 0.29) is 0 Å². The van der Waals surface area contributed by atoms with E-state index in [1.54, 1.807) is 0 Å². The Morgan fingerprint density at radius 3 is 2.22 bits per heavy atom. The summed E-state index contributed by atoms with van der Waals surface area (Å²) < 4.78 is 0. The molecule has 0 unspecified atom stereocenters. The molecule has 0 heterocycles. The minimum absolute atomic E-state index is 0.357. The normalized spacial score (nSPS) is 13.8. The molecule has 0 aliphatic carbocycles. The van der Waals surface area contributed by atoms with Gasteiger partial charge >= 0.3 is 5.97 Å². The number of carbonyl (C=O) groups is 1. The van der Waals surface area contributed by atoms with Gasteiger partial charge in [-0.1, -0.05) is 13.8 Å². The van der Waals surface area contributed by atoms with Crippen LogP contribution in [0.4, 0.5) is 0 Å². The first-order valence-electron chi connectivity index (χ1n) is 3.02. The molecule has 0 spiro atoms. The number of hydrogen-bond donors (Lipinski definition) is 2. The highest BCUT2D eigenvalue weighted by Crippen LogP contribution is 2.01. The molecule has 0 aliphatic rings. The van der Waals surface area contributed by atoms with Crippen molar-refractivity contribution in [2.45, 2.75) is 26.3 Å². The summed E-state index contributed by atoms with van der Waals surface area (Å²) in [6.45, 7) is 3.89. The second-order valence-electron chi connectivity index (χ2n) is 2.57. The fraction of sp³-hybridized carbons (Fsp3) is 0.833. The van der Waals surface area contributed by atoms with E-state index in [2.05, 4.69) is 0 Å². The van der Waals surface area contributed by atoms with Gasteiger partial charge in [0.25, 0.3) is 0 Å². The molecule has 0 fully saturated rings. The molecule has 0 rings (SSSR count). The lowest BCUT2D eigenvalue weighted by Crippen LogP contribution is -2.31. The number of hydrogen-bond acceptors (Lipinski definition) is 2. The summed E-state index contributed by atoms with van der Waals surface area (Å²) in [5.41, 5.74) is 5.22. The predicted octanol–water partition coefficient (Wildman–Crippen LogP) is 0.444. The Bertz CT molecular complexity index is 101. The molecule has 1 atom stereocenters. The van der Waals surface area contributed by atoms with Crippen LogP contribution < -0.4 is 5.73 Å². The lowest BCUT2D eigenvalue weighted by Gasteiger charge is -2.07. The van der Waals surface area contributed by atoms with Gasteiger partial charge in [-0.2, -0.15) is 0 Å². The van der Waals surface area contributed by atoms with E-state index < -0.39 is 12.0 Å². The Balaban J connectivity index is 3.50. The zero-order valence-electron chi connectivity index (χ0n) is 5.79. The first-order chi connectivity index (χ1) is 4.04. The molecule has 0 aromatic carbocycles. The smallest absolute Gasteiger partial charge is 0.320 e. The highest BCUT2D eigenvalue weighted by atomic mass is 16.6. The van der Waals surface area contributed by atoms with Crippen LogP contribution in [0.3, 0.4) is 0 Å². The standard InChI is InChI=1S/C6H13NO2/c1-4(2)3-5(7)6(8)9/h4-5H,3,7H2,1-2H3,(H,8,9)/t5-/m1/s1/i6+2. The van der Waals surface area contributed by atoms with Crippen LogP contribution in [0.5, 0.6) is 0 Å². The average Bonchev–Trinajstić information content (AvgIpc) is 1.63. The number of aliphatic carboxylic acids is 1. The Labute approximate surface area is 54.9 Å². The molecule has 0 aromatic heterocycles. The maximum Gasteiger partial charge on any atom is 0.320 e. The van der Waals surface area contributed by atoms with Crippen LogP contribution in [0, 0.1) is 5.92 Å². The van der Waals surface area contributed by atoms with Gasteiger partial charge in [-0.3, -0.25) is 4.79 Å². The van der Waals surface area contributed by atoms with Crippen LogP contribution in [0.25, 0.3) is 0 Å². The summed E-state index contributed by atoms with van der Waals surface area (Å²) in [5, 5.41) is 8.31. The van der Waals surface area contributed by atoms with Crippen molar-refractivity contribution >= 4 is 5.97 Å². The van der Waals surface area contributed by atoms with Crippen LogP contribution in [-0.2, 0) is 4.79 Å². The fourth-order valence-electron chi connectivity index (χ4n) is 0.609.